The van der Waals surface area contributed by atoms with Gasteiger partial charge in [0.25, 0.3) is 5.95 Å². The number of likely N-dealkylation sites (tertiary alicyclic amines) is 1. The van der Waals surface area contributed by atoms with Gasteiger partial charge in [-0.25, -0.2) is 0 Å². The maximum Gasteiger partial charge on any atom is 0.260 e. The third kappa shape index (κ3) is 1.87. The molecule has 1 aromatic heterocycles. The standard InChI is InChI=1S/C9H16N4O/c1-2-13-5-3-7(4-6-13)8-11-9(10)12-14-8/h7H,2-6H2,1H3,(H2,10,12). The number of nitrogens with two attached hydrogens (primary N) is 1. The maximum atomic E-state index is 5.41. The molecule has 0 aromatic carbocycles. The van der Waals surface area contributed by atoms with Gasteiger partial charge in [-0.3, -0.25) is 0 Å². The summed E-state index contributed by atoms with van der Waals surface area (Å²) in [7, 11) is 0. The van der Waals surface area contributed by atoms with Gasteiger partial charge in [-0.15, -0.1) is 0 Å². The summed E-state index contributed by atoms with van der Waals surface area (Å²) in [6.07, 6.45) is 2.19. The second-order valence-corrected chi connectivity index (χ2v) is 3.70. The fourth-order valence-electron chi connectivity index (χ4n) is 1.91. The number of nitrogen functional groups attached to an aromatic ring is 1. The van der Waals surface area contributed by atoms with Crippen molar-refractivity contribution in [2.45, 2.75) is 25.7 Å². The van der Waals surface area contributed by atoms with Gasteiger partial charge in [0.2, 0.25) is 5.89 Å². The molecule has 0 atom stereocenters. The first-order chi connectivity index (χ1) is 6.79. The molecule has 0 saturated carbocycles. The lowest BCUT2D eigenvalue weighted by molar-refractivity contribution is 0.202. The van der Waals surface area contributed by atoms with Crippen LogP contribution in [-0.4, -0.2) is 34.7 Å². The SMILES string of the molecule is CCN1CCC(c2nc(N)no2)CC1. The second-order valence-electron chi connectivity index (χ2n) is 3.70. The van der Waals surface area contributed by atoms with Gasteiger partial charge in [0.05, 0.1) is 0 Å². The zero-order valence-electron chi connectivity index (χ0n) is 8.44. The first-order valence-electron chi connectivity index (χ1n) is 5.11. The molecule has 78 valence electrons. The van der Waals surface area contributed by atoms with Crippen LogP contribution >= 0.6 is 0 Å². The van der Waals surface area contributed by atoms with Gasteiger partial charge in [0.15, 0.2) is 0 Å². The molecule has 5 nitrogen and oxygen atoms in total. The van der Waals surface area contributed by atoms with E-state index in [1.807, 2.05) is 0 Å². The van der Waals surface area contributed by atoms with Gasteiger partial charge in [-0.2, -0.15) is 4.98 Å². The molecule has 0 amide bonds. The minimum absolute atomic E-state index is 0.248. The van der Waals surface area contributed by atoms with Crippen LogP contribution in [0.5, 0.6) is 0 Å². The van der Waals surface area contributed by atoms with Crippen LogP contribution in [0.4, 0.5) is 5.95 Å². The predicted octanol–water partition coefficient (Wildman–Crippen LogP) is 0.851. The van der Waals surface area contributed by atoms with Crippen molar-refractivity contribution in [2.75, 3.05) is 25.4 Å². The minimum atomic E-state index is 0.248. The third-order valence-corrected chi connectivity index (χ3v) is 2.84. The number of anilines is 1. The third-order valence-electron chi connectivity index (χ3n) is 2.84. The van der Waals surface area contributed by atoms with E-state index in [1.54, 1.807) is 0 Å². The zero-order chi connectivity index (χ0) is 9.97. The van der Waals surface area contributed by atoms with Crippen molar-refractivity contribution >= 4 is 5.95 Å². The van der Waals surface area contributed by atoms with Gasteiger partial charge in [-0.05, 0) is 37.6 Å². The van der Waals surface area contributed by atoms with Crippen molar-refractivity contribution in [1.82, 2.24) is 15.0 Å². The van der Waals surface area contributed by atoms with Crippen LogP contribution in [-0.2, 0) is 0 Å². The number of hydrogen-bond donors (Lipinski definition) is 1. The van der Waals surface area contributed by atoms with E-state index in [4.69, 9.17) is 10.3 Å². The molecular formula is C9H16N4O. The summed E-state index contributed by atoms with van der Waals surface area (Å²) < 4.78 is 5.07. The monoisotopic (exact) mass is 196 g/mol. The highest BCUT2D eigenvalue weighted by Gasteiger charge is 2.23. The van der Waals surface area contributed by atoms with Crippen LogP contribution < -0.4 is 5.73 Å². The molecule has 0 aliphatic carbocycles. The molecule has 2 heterocycles. The number of nitrogens with zero attached hydrogens (tertiary/aromatic N) is 3. The Labute approximate surface area is 83.3 Å². The Kier molecular flexibility index (Phi) is 2.67. The molecule has 1 saturated heterocycles. The topological polar surface area (TPSA) is 68.2 Å². The summed E-state index contributed by atoms with van der Waals surface area (Å²) in [6, 6.07) is 0. The molecule has 0 bridgehead atoms. The van der Waals surface area contributed by atoms with Gasteiger partial charge >= 0.3 is 0 Å². The highest BCUT2D eigenvalue weighted by molar-refractivity contribution is 5.12. The van der Waals surface area contributed by atoms with Gasteiger partial charge in [0, 0.05) is 5.92 Å². The molecule has 1 fully saturated rings. The highest BCUT2D eigenvalue weighted by atomic mass is 16.5. The van der Waals surface area contributed by atoms with E-state index < -0.39 is 0 Å². The van der Waals surface area contributed by atoms with E-state index in [0.29, 0.717) is 11.8 Å². The fourth-order valence-corrected chi connectivity index (χ4v) is 1.91. The minimum Gasteiger partial charge on any atom is -0.365 e. The predicted molar refractivity (Wildman–Crippen MR) is 52.8 cm³/mol. The van der Waals surface area contributed by atoms with Crippen LogP contribution in [0.15, 0.2) is 4.52 Å². The van der Waals surface area contributed by atoms with Crippen molar-refractivity contribution in [3.8, 4) is 0 Å². The molecule has 2 rings (SSSR count). The van der Waals surface area contributed by atoms with Crippen LogP contribution in [0.1, 0.15) is 31.6 Å². The summed E-state index contributed by atoms with van der Waals surface area (Å²) in [6.45, 7) is 5.54. The first kappa shape index (κ1) is 9.45. The molecule has 14 heavy (non-hydrogen) atoms. The van der Waals surface area contributed by atoms with E-state index in [2.05, 4.69) is 22.0 Å². The Morgan fingerprint density at radius 3 is 2.71 bits per heavy atom. The van der Waals surface area contributed by atoms with Crippen molar-refractivity contribution in [3.63, 3.8) is 0 Å². The van der Waals surface area contributed by atoms with Gasteiger partial charge in [0.1, 0.15) is 0 Å². The first-order valence-corrected chi connectivity index (χ1v) is 5.11. The molecule has 0 unspecified atom stereocenters. The lowest BCUT2D eigenvalue weighted by Crippen LogP contribution is -2.32. The van der Waals surface area contributed by atoms with Gasteiger partial charge in [-0.1, -0.05) is 6.92 Å². The molecular weight excluding hydrogens is 180 g/mol. The van der Waals surface area contributed by atoms with E-state index in [1.165, 1.54) is 0 Å². The Morgan fingerprint density at radius 1 is 1.50 bits per heavy atom. The Bertz CT molecular complexity index is 291. The molecule has 1 aromatic rings. The average Bonchev–Trinajstić information content (AvgIpc) is 2.65. The fraction of sp³-hybridized carbons (Fsp3) is 0.778. The maximum absolute atomic E-state index is 5.41. The molecule has 0 spiro atoms. The quantitative estimate of drug-likeness (QED) is 0.759. The lowest BCUT2D eigenvalue weighted by Gasteiger charge is -2.28. The Hall–Kier alpha value is -1.10. The summed E-state index contributed by atoms with van der Waals surface area (Å²) >= 11 is 0. The summed E-state index contributed by atoms with van der Waals surface area (Å²) in [5, 5.41) is 3.61. The molecule has 5 heteroatoms. The number of aromatic nitrogens is 2. The van der Waals surface area contributed by atoms with Crippen LogP contribution in [0.3, 0.4) is 0 Å². The second kappa shape index (κ2) is 3.96. The Balaban J connectivity index is 1.95. The van der Waals surface area contributed by atoms with Crippen molar-refractivity contribution < 1.29 is 4.52 Å². The number of piperidine rings is 1. The molecule has 1 aliphatic rings. The largest absolute Gasteiger partial charge is 0.365 e. The van der Waals surface area contributed by atoms with Crippen molar-refractivity contribution in [2.24, 2.45) is 0 Å². The van der Waals surface area contributed by atoms with E-state index >= 15 is 0 Å². The van der Waals surface area contributed by atoms with Crippen LogP contribution in [0, 0.1) is 0 Å². The van der Waals surface area contributed by atoms with Crippen LogP contribution in [0.25, 0.3) is 0 Å². The van der Waals surface area contributed by atoms with E-state index in [9.17, 15) is 0 Å². The Morgan fingerprint density at radius 2 is 2.21 bits per heavy atom. The van der Waals surface area contributed by atoms with Crippen molar-refractivity contribution in [3.05, 3.63) is 5.89 Å². The average molecular weight is 196 g/mol. The van der Waals surface area contributed by atoms with Crippen LogP contribution in [0.2, 0.25) is 0 Å². The smallest absolute Gasteiger partial charge is 0.260 e. The highest BCUT2D eigenvalue weighted by Crippen LogP contribution is 2.26. The normalized spacial score (nSPS) is 20.1. The molecule has 0 radical (unpaired) electrons. The molecule has 2 N–H and O–H groups in total. The summed E-state index contributed by atoms with van der Waals surface area (Å²) in [5.74, 6) is 1.36. The van der Waals surface area contributed by atoms with E-state index in [-0.39, 0.29) is 5.95 Å². The summed E-state index contributed by atoms with van der Waals surface area (Å²) in [4.78, 5) is 6.49. The number of rotatable bonds is 2. The summed E-state index contributed by atoms with van der Waals surface area (Å²) in [5.41, 5.74) is 5.41. The number of hydrogen-bond acceptors (Lipinski definition) is 5. The van der Waals surface area contributed by atoms with Crippen molar-refractivity contribution in [1.29, 1.82) is 0 Å². The van der Waals surface area contributed by atoms with E-state index in [0.717, 1.165) is 32.5 Å². The zero-order valence-corrected chi connectivity index (χ0v) is 8.44. The molecule has 1 aliphatic heterocycles. The van der Waals surface area contributed by atoms with Gasteiger partial charge < -0.3 is 15.2 Å². The lowest BCUT2D eigenvalue weighted by atomic mass is 9.97.